The van der Waals surface area contributed by atoms with E-state index in [0.717, 1.165) is 31.4 Å². The number of rotatable bonds is 7. The summed E-state index contributed by atoms with van der Waals surface area (Å²) in [7, 11) is 0. The van der Waals surface area contributed by atoms with Crippen molar-refractivity contribution < 1.29 is 4.79 Å². The molecule has 1 N–H and O–H groups in total. The molecule has 2 amide bonds. The van der Waals surface area contributed by atoms with Crippen LogP contribution in [0.5, 0.6) is 0 Å². The molecule has 0 radical (unpaired) electrons. The highest BCUT2D eigenvalue weighted by Crippen LogP contribution is 2.37. The van der Waals surface area contributed by atoms with Gasteiger partial charge in [0.25, 0.3) is 0 Å². The van der Waals surface area contributed by atoms with E-state index in [1.165, 1.54) is 27.8 Å². The van der Waals surface area contributed by atoms with Crippen molar-refractivity contribution in [2.45, 2.75) is 110 Å². The third-order valence-electron chi connectivity index (χ3n) is 8.45. The van der Waals surface area contributed by atoms with Crippen LogP contribution in [0.4, 0.5) is 10.5 Å². The number of hydrogen-bond donors (Lipinski definition) is 1. The van der Waals surface area contributed by atoms with Crippen molar-refractivity contribution in [2.24, 2.45) is 0 Å². The summed E-state index contributed by atoms with van der Waals surface area (Å²) in [5.41, 5.74) is 7.45. The van der Waals surface area contributed by atoms with Gasteiger partial charge in [0, 0.05) is 18.3 Å². The molecule has 3 heteroatoms. The first kappa shape index (κ1) is 28.9. The Balaban J connectivity index is 1.60. The first-order valence-corrected chi connectivity index (χ1v) is 14.9. The van der Waals surface area contributed by atoms with Crippen LogP contribution >= 0.6 is 0 Å². The molecular weight excluding hydrogens is 476 g/mol. The molecule has 0 atom stereocenters. The molecule has 3 nitrogen and oxygen atoms in total. The second-order valence-electron chi connectivity index (χ2n) is 13.0. The van der Waals surface area contributed by atoms with E-state index in [4.69, 9.17) is 0 Å². The van der Waals surface area contributed by atoms with Gasteiger partial charge in [-0.25, -0.2) is 4.79 Å². The SMILES string of the molecule is CC(C)c1cccc(C(C)C)c1NC(=O)N(Cc1ccc(C(C)(C)C)cc1)C1CCC(c2ccccc2)CC1. The maximum atomic E-state index is 14.2. The van der Waals surface area contributed by atoms with Gasteiger partial charge in [0.05, 0.1) is 0 Å². The molecule has 0 saturated heterocycles. The van der Waals surface area contributed by atoms with Gasteiger partial charge in [0.2, 0.25) is 0 Å². The van der Waals surface area contributed by atoms with Crippen LogP contribution in [0.15, 0.2) is 72.8 Å². The number of benzene rings is 3. The van der Waals surface area contributed by atoms with Crippen LogP contribution in [0.1, 0.15) is 120 Å². The monoisotopic (exact) mass is 524 g/mol. The number of carbonyl (C=O) groups is 1. The predicted molar refractivity (Wildman–Crippen MR) is 166 cm³/mol. The van der Waals surface area contributed by atoms with Crippen LogP contribution in [0, 0.1) is 0 Å². The quantitative estimate of drug-likeness (QED) is 0.328. The smallest absolute Gasteiger partial charge is 0.317 e. The predicted octanol–water partition coefficient (Wildman–Crippen LogP) is 9.99. The topological polar surface area (TPSA) is 32.3 Å². The van der Waals surface area contributed by atoms with Gasteiger partial charge in [-0.15, -0.1) is 0 Å². The van der Waals surface area contributed by atoms with Crippen molar-refractivity contribution in [3.05, 3.63) is 101 Å². The lowest BCUT2D eigenvalue weighted by molar-refractivity contribution is 0.158. The van der Waals surface area contributed by atoms with Crippen LogP contribution in [0.25, 0.3) is 0 Å². The van der Waals surface area contributed by atoms with E-state index in [0.29, 0.717) is 24.3 Å². The number of urea groups is 1. The minimum Gasteiger partial charge on any atom is -0.317 e. The first-order valence-electron chi connectivity index (χ1n) is 14.9. The molecule has 3 aromatic rings. The van der Waals surface area contributed by atoms with Crippen LogP contribution in [-0.2, 0) is 12.0 Å². The Morgan fingerprint density at radius 2 is 1.36 bits per heavy atom. The van der Waals surface area contributed by atoms with Crippen molar-refractivity contribution in [1.29, 1.82) is 0 Å². The largest absolute Gasteiger partial charge is 0.322 e. The molecule has 39 heavy (non-hydrogen) atoms. The first-order chi connectivity index (χ1) is 18.5. The van der Waals surface area contributed by atoms with Crippen molar-refractivity contribution in [3.8, 4) is 0 Å². The van der Waals surface area contributed by atoms with E-state index < -0.39 is 0 Å². The number of para-hydroxylation sites is 1. The fraction of sp³-hybridized carbons (Fsp3) is 0.472. The number of nitrogens with one attached hydrogen (secondary N) is 1. The molecule has 4 rings (SSSR count). The number of hydrogen-bond acceptors (Lipinski definition) is 1. The standard InChI is InChI=1S/C36H48N2O/c1-25(2)32-14-11-15-33(26(3)4)34(32)37-35(39)38(24-27-16-20-30(21-17-27)36(5,6)7)31-22-18-29(19-23-31)28-12-9-8-10-13-28/h8-17,20-21,25-26,29,31H,18-19,22-24H2,1-7H3,(H,37,39). The van der Waals surface area contributed by atoms with E-state index in [1.807, 2.05) is 0 Å². The maximum Gasteiger partial charge on any atom is 0.322 e. The van der Waals surface area contributed by atoms with E-state index in [9.17, 15) is 4.79 Å². The Hall–Kier alpha value is -3.07. The second kappa shape index (κ2) is 12.4. The zero-order chi connectivity index (χ0) is 28.2. The highest BCUT2D eigenvalue weighted by molar-refractivity contribution is 5.91. The van der Waals surface area contributed by atoms with Crippen molar-refractivity contribution in [1.82, 2.24) is 4.90 Å². The molecule has 0 heterocycles. The molecule has 0 unspecified atom stereocenters. The molecule has 1 fully saturated rings. The third kappa shape index (κ3) is 7.12. The lowest BCUT2D eigenvalue weighted by atomic mass is 9.81. The maximum absolute atomic E-state index is 14.2. The van der Waals surface area contributed by atoms with Gasteiger partial charge in [-0.3, -0.25) is 0 Å². The highest BCUT2D eigenvalue weighted by atomic mass is 16.2. The van der Waals surface area contributed by atoms with Gasteiger partial charge in [0.15, 0.2) is 0 Å². The Kier molecular flexibility index (Phi) is 9.20. The van der Waals surface area contributed by atoms with E-state index in [1.54, 1.807) is 0 Å². The summed E-state index contributed by atoms with van der Waals surface area (Å²) in [5, 5.41) is 3.42. The van der Waals surface area contributed by atoms with Gasteiger partial charge in [0.1, 0.15) is 0 Å². The summed E-state index contributed by atoms with van der Waals surface area (Å²) in [5.74, 6) is 1.24. The minimum absolute atomic E-state index is 0.0214. The van der Waals surface area contributed by atoms with Crippen LogP contribution < -0.4 is 5.32 Å². The van der Waals surface area contributed by atoms with E-state index in [2.05, 4.69) is 131 Å². The molecule has 1 saturated carbocycles. The number of anilines is 1. The van der Waals surface area contributed by atoms with Crippen molar-refractivity contribution in [2.75, 3.05) is 5.32 Å². The minimum atomic E-state index is 0.0214. The average molecular weight is 525 g/mol. The van der Waals surface area contributed by atoms with Crippen molar-refractivity contribution >= 4 is 11.7 Å². The lowest BCUT2D eigenvalue weighted by Crippen LogP contribution is -2.44. The molecule has 0 aliphatic heterocycles. The summed E-state index contributed by atoms with van der Waals surface area (Å²) >= 11 is 0. The second-order valence-corrected chi connectivity index (χ2v) is 13.0. The molecule has 3 aromatic carbocycles. The van der Waals surface area contributed by atoms with Crippen LogP contribution in [-0.4, -0.2) is 17.0 Å². The zero-order valence-corrected chi connectivity index (χ0v) is 25.1. The average Bonchev–Trinajstić information content (AvgIpc) is 2.92. The van der Waals surface area contributed by atoms with E-state index in [-0.39, 0.29) is 17.5 Å². The summed E-state index contributed by atoms with van der Waals surface area (Å²) in [4.78, 5) is 16.3. The van der Waals surface area contributed by atoms with Gasteiger partial charge in [-0.1, -0.05) is 121 Å². The Bertz CT molecular complexity index is 1190. The summed E-state index contributed by atoms with van der Waals surface area (Å²) in [6, 6.07) is 26.4. The fourth-order valence-electron chi connectivity index (χ4n) is 5.99. The Labute approximate surface area is 237 Å². The summed E-state index contributed by atoms with van der Waals surface area (Å²) in [6.45, 7) is 16.2. The summed E-state index contributed by atoms with van der Waals surface area (Å²) in [6.07, 6.45) is 4.27. The normalized spacial score (nSPS) is 17.9. The number of amides is 2. The van der Waals surface area contributed by atoms with Gasteiger partial charge >= 0.3 is 6.03 Å². The number of nitrogens with zero attached hydrogens (tertiary/aromatic N) is 1. The molecule has 1 aliphatic carbocycles. The molecular formula is C36H48N2O. The number of carbonyl (C=O) groups excluding carboxylic acids is 1. The molecule has 0 spiro atoms. The highest BCUT2D eigenvalue weighted by Gasteiger charge is 2.31. The van der Waals surface area contributed by atoms with E-state index >= 15 is 0 Å². The van der Waals surface area contributed by atoms with Gasteiger partial charge in [-0.05, 0) is 76.7 Å². The zero-order valence-electron chi connectivity index (χ0n) is 25.1. The molecule has 1 aliphatic rings. The Morgan fingerprint density at radius 1 is 0.795 bits per heavy atom. The molecule has 0 bridgehead atoms. The van der Waals surface area contributed by atoms with Crippen molar-refractivity contribution in [3.63, 3.8) is 0 Å². The summed E-state index contributed by atoms with van der Waals surface area (Å²) < 4.78 is 0. The Morgan fingerprint density at radius 3 is 1.87 bits per heavy atom. The molecule has 0 aromatic heterocycles. The van der Waals surface area contributed by atoms with Crippen LogP contribution in [0.2, 0.25) is 0 Å². The fourth-order valence-corrected chi connectivity index (χ4v) is 5.99. The molecule has 208 valence electrons. The van der Waals surface area contributed by atoms with Gasteiger partial charge in [-0.2, -0.15) is 0 Å². The van der Waals surface area contributed by atoms with Gasteiger partial charge < -0.3 is 10.2 Å². The lowest BCUT2D eigenvalue weighted by Gasteiger charge is -2.37. The van der Waals surface area contributed by atoms with Crippen LogP contribution in [0.3, 0.4) is 0 Å². The third-order valence-corrected chi connectivity index (χ3v) is 8.45.